The average molecular weight is 348 g/mol. The van der Waals surface area contributed by atoms with Crippen LogP contribution in [-0.2, 0) is 6.54 Å². The molecule has 4 unspecified atom stereocenters. The number of urea groups is 1. The molecule has 25 heavy (non-hydrogen) atoms. The zero-order valence-corrected chi connectivity index (χ0v) is 15.7. The maximum atomic E-state index is 12.1. The number of piperidine rings is 1. The van der Waals surface area contributed by atoms with Gasteiger partial charge in [-0.05, 0) is 31.2 Å². The second-order valence-corrected chi connectivity index (χ2v) is 7.33. The van der Waals surface area contributed by atoms with Crippen LogP contribution in [0.4, 0.5) is 4.79 Å². The number of nitrogens with zero attached hydrogens (tertiary/aromatic N) is 1. The summed E-state index contributed by atoms with van der Waals surface area (Å²) in [6, 6.07) is 11.0. The van der Waals surface area contributed by atoms with Crippen molar-refractivity contribution >= 4 is 6.03 Å². The molecular weight excluding hydrogens is 314 g/mol. The minimum atomic E-state index is -0.484. The summed E-state index contributed by atoms with van der Waals surface area (Å²) in [5.74, 6) is 0.196. The molecule has 0 aliphatic carbocycles. The number of likely N-dealkylation sites (tertiary alicyclic amines) is 1. The molecule has 140 valence electrons. The van der Waals surface area contributed by atoms with E-state index in [1.807, 2.05) is 19.9 Å². The van der Waals surface area contributed by atoms with E-state index in [1.54, 1.807) is 0 Å². The Hall–Kier alpha value is -1.59. The minimum Gasteiger partial charge on any atom is -0.391 e. The van der Waals surface area contributed by atoms with Crippen LogP contribution in [-0.4, -0.2) is 47.3 Å². The summed E-state index contributed by atoms with van der Waals surface area (Å²) in [6.45, 7) is 8.51. The van der Waals surface area contributed by atoms with Gasteiger partial charge in [0.25, 0.3) is 0 Å². The van der Waals surface area contributed by atoms with Gasteiger partial charge in [0, 0.05) is 31.7 Å². The Bertz CT molecular complexity index is 523. The summed E-state index contributed by atoms with van der Waals surface area (Å²) < 4.78 is 0. The molecule has 2 rings (SSSR count). The van der Waals surface area contributed by atoms with Crippen molar-refractivity contribution in [2.45, 2.75) is 64.8 Å². The molecule has 1 aliphatic heterocycles. The molecule has 1 saturated heterocycles. The van der Waals surface area contributed by atoms with Crippen LogP contribution in [0.25, 0.3) is 0 Å². The van der Waals surface area contributed by atoms with E-state index < -0.39 is 6.10 Å². The van der Waals surface area contributed by atoms with E-state index in [0.29, 0.717) is 12.6 Å². The summed E-state index contributed by atoms with van der Waals surface area (Å²) in [4.78, 5) is 14.5. The molecular formula is C20H33N3O2. The van der Waals surface area contributed by atoms with E-state index in [4.69, 9.17) is 0 Å². The standard InChI is InChI=1S/C20H33N3O2/c1-4-15(2)19(24)13-21-20(25)22-18-10-11-23(16(3)12-18)14-17-8-6-5-7-9-17/h5-9,15-16,18-19,24H,4,10-14H2,1-3H3,(H2,21,22,25). The highest BCUT2D eigenvalue weighted by molar-refractivity contribution is 5.74. The van der Waals surface area contributed by atoms with Gasteiger partial charge in [-0.15, -0.1) is 0 Å². The predicted octanol–water partition coefficient (Wildman–Crippen LogP) is 2.75. The summed E-state index contributed by atoms with van der Waals surface area (Å²) in [5.41, 5.74) is 1.33. The molecule has 0 radical (unpaired) electrons. The van der Waals surface area contributed by atoms with Gasteiger partial charge in [0.1, 0.15) is 0 Å². The van der Waals surface area contributed by atoms with E-state index in [2.05, 4.69) is 46.7 Å². The van der Waals surface area contributed by atoms with E-state index in [9.17, 15) is 9.90 Å². The number of hydrogen-bond donors (Lipinski definition) is 3. The highest BCUT2D eigenvalue weighted by Crippen LogP contribution is 2.19. The number of amides is 2. The van der Waals surface area contributed by atoms with Crippen molar-refractivity contribution in [3.05, 3.63) is 35.9 Å². The third-order valence-corrected chi connectivity index (χ3v) is 5.35. The maximum Gasteiger partial charge on any atom is 0.315 e. The number of hydrogen-bond acceptors (Lipinski definition) is 3. The van der Waals surface area contributed by atoms with Crippen LogP contribution in [0, 0.1) is 5.92 Å². The summed E-state index contributed by atoms with van der Waals surface area (Å²) in [5, 5.41) is 15.8. The van der Waals surface area contributed by atoms with Gasteiger partial charge in [-0.2, -0.15) is 0 Å². The maximum absolute atomic E-state index is 12.1. The topological polar surface area (TPSA) is 64.6 Å². The van der Waals surface area contributed by atoms with Crippen molar-refractivity contribution in [1.29, 1.82) is 0 Å². The number of carbonyl (C=O) groups excluding carboxylic acids is 1. The first-order valence-electron chi connectivity index (χ1n) is 9.50. The van der Waals surface area contributed by atoms with Crippen molar-refractivity contribution in [3.8, 4) is 0 Å². The van der Waals surface area contributed by atoms with Gasteiger partial charge in [0.05, 0.1) is 6.10 Å². The molecule has 5 nitrogen and oxygen atoms in total. The van der Waals surface area contributed by atoms with E-state index in [-0.39, 0.29) is 18.0 Å². The number of aliphatic hydroxyl groups excluding tert-OH is 1. The Kier molecular flexibility index (Phi) is 7.72. The Morgan fingerprint density at radius 3 is 2.72 bits per heavy atom. The summed E-state index contributed by atoms with van der Waals surface area (Å²) in [7, 11) is 0. The van der Waals surface area contributed by atoms with Gasteiger partial charge in [0.2, 0.25) is 0 Å². The molecule has 4 atom stereocenters. The normalized spacial score (nSPS) is 23.7. The average Bonchev–Trinajstić information content (AvgIpc) is 2.62. The summed E-state index contributed by atoms with van der Waals surface area (Å²) in [6.07, 6.45) is 2.33. The van der Waals surface area contributed by atoms with Crippen molar-refractivity contribution in [3.63, 3.8) is 0 Å². The number of rotatable bonds is 7. The smallest absolute Gasteiger partial charge is 0.315 e. The van der Waals surface area contributed by atoms with Crippen molar-refractivity contribution in [2.24, 2.45) is 5.92 Å². The molecule has 1 aromatic rings. The largest absolute Gasteiger partial charge is 0.391 e. The highest BCUT2D eigenvalue weighted by Gasteiger charge is 2.26. The second kappa shape index (κ2) is 9.78. The zero-order valence-electron chi connectivity index (χ0n) is 15.7. The van der Waals surface area contributed by atoms with Crippen LogP contribution in [0.15, 0.2) is 30.3 Å². The lowest BCUT2D eigenvalue weighted by Crippen LogP contribution is -2.51. The van der Waals surface area contributed by atoms with Crippen LogP contribution >= 0.6 is 0 Å². The monoisotopic (exact) mass is 347 g/mol. The van der Waals surface area contributed by atoms with Crippen molar-refractivity contribution in [1.82, 2.24) is 15.5 Å². The third kappa shape index (κ3) is 6.33. The SMILES string of the molecule is CCC(C)C(O)CNC(=O)NC1CCN(Cc2ccccc2)C(C)C1. The van der Waals surface area contributed by atoms with Crippen LogP contribution in [0.5, 0.6) is 0 Å². The van der Waals surface area contributed by atoms with E-state index >= 15 is 0 Å². The summed E-state index contributed by atoms with van der Waals surface area (Å²) >= 11 is 0. The van der Waals surface area contributed by atoms with Crippen molar-refractivity contribution in [2.75, 3.05) is 13.1 Å². The van der Waals surface area contributed by atoms with Crippen LogP contribution in [0.3, 0.4) is 0 Å². The lowest BCUT2D eigenvalue weighted by atomic mass is 9.97. The molecule has 3 N–H and O–H groups in total. The molecule has 0 saturated carbocycles. The van der Waals surface area contributed by atoms with Gasteiger partial charge in [0.15, 0.2) is 0 Å². The molecule has 1 fully saturated rings. The lowest BCUT2D eigenvalue weighted by Gasteiger charge is -2.38. The molecule has 2 amide bonds. The van der Waals surface area contributed by atoms with Crippen molar-refractivity contribution < 1.29 is 9.90 Å². The Morgan fingerprint density at radius 1 is 1.36 bits per heavy atom. The van der Waals surface area contributed by atoms with Gasteiger partial charge in [-0.3, -0.25) is 4.90 Å². The second-order valence-electron chi connectivity index (χ2n) is 7.33. The van der Waals surface area contributed by atoms with Gasteiger partial charge >= 0.3 is 6.03 Å². The lowest BCUT2D eigenvalue weighted by molar-refractivity contribution is 0.112. The molecule has 1 heterocycles. The Balaban J connectivity index is 1.72. The molecule has 1 aromatic carbocycles. The Morgan fingerprint density at radius 2 is 2.08 bits per heavy atom. The molecule has 1 aliphatic rings. The molecule has 5 heteroatoms. The van der Waals surface area contributed by atoms with Gasteiger partial charge in [-0.25, -0.2) is 4.79 Å². The van der Waals surface area contributed by atoms with Crippen LogP contribution in [0.2, 0.25) is 0 Å². The van der Waals surface area contributed by atoms with E-state index in [1.165, 1.54) is 5.56 Å². The van der Waals surface area contributed by atoms with Crippen LogP contribution < -0.4 is 10.6 Å². The Labute approximate surface area is 151 Å². The number of nitrogens with one attached hydrogen (secondary N) is 2. The van der Waals surface area contributed by atoms with Gasteiger partial charge in [-0.1, -0.05) is 50.6 Å². The molecule has 0 spiro atoms. The first kappa shape index (κ1) is 19.7. The quantitative estimate of drug-likeness (QED) is 0.711. The first-order valence-corrected chi connectivity index (χ1v) is 9.50. The molecule has 0 aromatic heterocycles. The number of carbonyl (C=O) groups is 1. The fourth-order valence-electron chi connectivity index (χ4n) is 3.31. The highest BCUT2D eigenvalue weighted by atomic mass is 16.3. The number of aliphatic hydroxyl groups is 1. The minimum absolute atomic E-state index is 0.170. The molecule has 0 bridgehead atoms. The fourth-order valence-corrected chi connectivity index (χ4v) is 3.31. The third-order valence-electron chi connectivity index (χ3n) is 5.35. The van der Waals surface area contributed by atoms with Gasteiger partial charge < -0.3 is 15.7 Å². The number of benzene rings is 1. The zero-order chi connectivity index (χ0) is 18.2. The van der Waals surface area contributed by atoms with Crippen LogP contribution in [0.1, 0.15) is 45.6 Å². The predicted molar refractivity (Wildman–Crippen MR) is 101 cm³/mol. The first-order chi connectivity index (χ1) is 12.0. The fraction of sp³-hybridized carbons (Fsp3) is 0.650. The van der Waals surface area contributed by atoms with E-state index in [0.717, 1.165) is 32.4 Å².